The fraction of sp³-hybridized carbons (Fsp3) is 0.562. The van der Waals surface area contributed by atoms with Crippen LogP contribution in [0.25, 0.3) is 0 Å². The van der Waals surface area contributed by atoms with E-state index in [0.717, 1.165) is 24.7 Å². The topological polar surface area (TPSA) is 45.7 Å². The SMILES string of the molecule is CCNC(=NCC1Cc2ccccc2O1)NC(C)(C)C. The van der Waals surface area contributed by atoms with Crippen molar-refractivity contribution in [3.05, 3.63) is 29.8 Å². The second kappa shape index (κ2) is 6.16. The number of rotatable bonds is 3. The lowest BCUT2D eigenvalue weighted by atomic mass is 10.1. The summed E-state index contributed by atoms with van der Waals surface area (Å²) in [5, 5.41) is 6.65. The molecule has 1 unspecified atom stereocenters. The molecule has 0 radical (unpaired) electrons. The van der Waals surface area contributed by atoms with Crippen molar-refractivity contribution in [2.45, 2.75) is 45.8 Å². The zero-order chi connectivity index (χ0) is 14.6. The van der Waals surface area contributed by atoms with Gasteiger partial charge in [0.1, 0.15) is 11.9 Å². The molecule has 2 rings (SSSR count). The van der Waals surface area contributed by atoms with Gasteiger partial charge in [-0.2, -0.15) is 0 Å². The van der Waals surface area contributed by atoms with Gasteiger partial charge in [0, 0.05) is 18.5 Å². The Morgan fingerprint density at radius 2 is 2.10 bits per heavy atom. The summed E-state index contributed by atoms with van der Waals surface area (Å²) in [6.07, 6.45) is 1.08. The van der Waals surface area contributed by atoms with Crippen molar-refractivity contribution in [1.82, 2.24) is 10.6 Å². The van der Waals surface area contributed by atoms with Gasteiger partial charge in [-0.3, -0.25) is 0 Å². The first-order valence-electron chi connectivity index (χ1n) is 7.29. The van der Waals surface area contributed by atoms with Gasteiger partial charge in [0.15, 0.2) is 5.96 Å². The van der Waals surface area contributed by atoms with Gasteiger partial charge in [0.2, 0.25) is 0 Å². The molecular weight excluding hydrogens is 250 g/mol. The molecule has 0 aromatic heterocycles. The molecule has 0 amide bonds. The van der Waals surface area contributed by atoms with E-state index in [0.29, 0.717) is 6.54 Å². The molecule has 20 heavy (non-hydrogen) atoms. The van der Waals surface area contributed by atoms with Crippen molar-refractivity contribution in [2.75, 3.05) is 13.1 Å². The van der Waals surface area contributed by atoms with Crippen LogP contribution in [0.4, 0.5) is 0 Å². The number of aliphatic imine (C=N–C) groups is 1. The van der Waals surface area contributed by atoms with E-state index >= 15 is 0 Å². The highest BCUT2D eigenvalue weighted by Crippen LogP contribution is 2.28. The predicted molar refractivity (Wildman–Crippen MR) is 83.4 cm³/mol. The second-order valence-corrected chi connectivity index (χ2v) is 6.15. The van der Waals surface area contributed by atoms with Crippen LogP contribution in [0.2, 0.25) is 0 Å². The van der Waals surface area contributed by atoms with Crippen LogP contribution in [0.3, 0.4) is 0 Å². The molecule has 1 aromatic rings. The van der Waals surface area contributed by atoms with Crippen molar-refractivity contribution in [2.24, 2.45) is 4.99 Å². The molecule has 2 N–H and O–H groups in total. The Kier molecular flexibility index (Phi) is 4.53. The summed E-state index contributed by atoms with van der Waals surface area (Å²) >= 11 is 0. The molecule has 1 aliphatic heterocycles. The van der Waals surface area contributed by atoms with E-state index in [9.17, 15) is 0 Å². The largest absolute Gasteiger partial charge is 0.488 e. The molecule has 0 aliphatic carbocycles. The van der Waals surface area contributed by atoms with E-state index in [-0.39, 0.29) is 11.6 Å². The van der Waals surface area contributed by atoms with Crippen LogP contribution < -0.4 is 15.4 Å². The molecule has 1 atom stereocenters. The molecule has 1 heterocycles. The van der Waals surface area contributed by atoms with Gasteiger partial charge in [0.25, 0.3) is 0 Å². The first-order valence-corrected chi connectivity index (χ1v) is 7.29. The average Bonchev–Trinajstić information content (AvgIpc) is 2.77. The van der Waals surface area contributed by atoms with Crippen LogP contribution in [0, 0.1) is 0 Å². The van der Waals surface area contributed by atoms with Crippen molar-refractivity contribution >= 4 is 5.96 Å². The quantitative estimate of drug-likeness (QED) is 0.657. The predicted octanol–water partition coefficient (Wildman–Crippen LogP) is 2.34. The fourth-order valence-corrected chi connectivity index (χ4v) is 2.21. The number of fused-ring (bicyclic) bond motifs is 1. The monoisotopic (exact) mass is 275 g/mol. The summed E-state index contributed by atoms with van der Waals surface area (Å²) in [5.74, 6) is 1.85. The molecule has 0 fully saturated rings. The van der Waals surface area contributed by atoms with E-state index in [2.05, 4.69) is 55.5 Å². The number of benzene rings is 1. The Balaban J connectivity index is 1.94. The molecule has 1 aromatic carbocycles. The number of ether oxygens (including phenoxy) is 1. The van der Waals surface area contributed by atoms with Gasteiger partial charge in [-0.1, -0.05) is 18.2 Å². The third-order valence-electron chi connectivity index (χ3n) is 3.00. The zero-order valence-corrected chi connectivity index (χ0v) is 12.9. The van der Waals surface area contributed by atoms with Crippen molar-refractivity contribution in [1.29, 1.82) is 0 Å². The van der Waals surface area contributed by atoms with Crippen molar-refractivity contribution in [3.63, 3.8) is 0 Å². The Hall–Kier alpha value is -1.71. The highest BCUT2D eigenvalue weighted by Gasteiger charge is 2.22. The number of hydrogen-bond acceptors (Lipinski definition) is 2. The maximum atomic E-state index is 5.90. The molecule has 4 heteroatoms. The number of nitrogens with zero attached hydrogens (tertiary/aromatic N) is 1. The lowest BCUT2D eigenvalue weighted by Gasteiger charge is -2.24. The van der Waals surface area contributed by atoms with Gasteiger partial charge in [-0.25, -0.2) is 4.99 Å². The molecule has 0 saturated heterocycles. The highest BCUT2D eigenvalue weighted by atomic mass is 16.5. The van der Waals surface area contributed by atoms with E-state index in [1.807, 2.05) is 12.1 Å². The lowest BCUT2D eigenvalue weighted by Crippen LogP contribution is -2.48. The first kappa shape index (κ1) is 14.7. The number of para-hydroxylation sites is 1. The van der Waals surface area contributed by atoms with Crippen molar-refractivity contribution < 1.29 is 4.74 Å². The number of nitrogens with one attached hydrogen (secondary N) is 2. The summed E-state index contributed by atoms with van der Waals surface area (Å²) in [7, 11) is 0. The maximum absolute atomic E-state index is 5.90. The standard InChI is InChI=1S/C16H25N3O/c1-5-17-15(19-16(2,3)4)18-11-13-10-12-8-6-7-9-14(12)20-13/h6-9,13H,5,10-11H2,1-4H3,(H2,17,18,19). The van der Waals surface area contributed by atoms with Gasteiger partial charge < -0.3 is 15.4 Å². The summed E-state index contributed by atoms with van der Waals surface area (Å²) in [6, 6.07) is 8.21. The van der Waals surface area contributed by atoms with E-state index in [4.69, 9.17) is 4.74 Å². The molecular formula is C16H25N3O. The third-order valence-corrected chi connectivity index (χ3v) is 3.00. The Morgan fingerprint density at radius 3 is 2.75 bits per heavy atom. The van der Waals surface area contributed by atoms with Crippen LogP contribution in [0.1, 0.15) is 33.3 Å². The van der Waals surface area contributed by atoms with Gasteiger partial charge in [0.05, 0.1) is 6.54 Å². The summed E-state index contributed by atoms with van der Waals surface area (Å²) in [4.78, 5) is 4.63. The fourth-order valence-electron chi connectivity index (χ4n) is 2.21. The number of hydrogen-bond donors (Lipinski definition) is 2. The Morgan fingerprint density at radius 1 is 1.35 bits per heavy atom. The summed E-state index contributed by atoms with van der Waals surface area (Å²) < 4.78 is 5.90. The van der Waals surface area contributed by atoms with Crippen LogP contribution in [0.5, 0.6) is 5.75 Å². The molecule has 0 bridgehead atoms. The number of guanidine groups is 1. The van der Waals surface area contributed by atoms with E-state index in [1.165, 1.54) is 5.56 Å². The maximum Gasteiger partial charge on any atom is 0.191 e. The second-order valence-electron chi connectivity index (χ2n) is 6.15. The van der Waals surface area contributed by atoms with E-state index < -0.39 is 0 Å². The molecule has 1 aliphatic rings. The molecule has 110 valence electrons. The first-order chi connectivity index (χ1) is 9.48. The van der Waals surface area contributed by atoms with Gasteiger partial charge in [-0.15, -0.1) is 0 Å². The smallest absolute Gasteiger partial charge is 0.191 e. The summed E-state index contributed by atoms with van der Waals surface area (Å²) in [5.41, 5.74) is 1.28. The van der Waals surface area contributed by atoms with Crippen LogP contribution in [-0.4, -0.2) is 30.7 Å². The summed E-state index contributed by atoms with van der Waals surface area (Å²) in [6.45, 7) is 9.97. The lowest BCUT2D eigenvalue weighted by molar-refractivity contribution is 0.241. The Labute approximate surface area is 121 Å². The minimum atomic E-state index is 0.000496. The van der Waals surface area contributed by atoms with Crippen molar-refractivity contribution in [3.8, 4) is 5.75 Å². The van der Waals surface area contributed by atoms with Crippen LogP contribution in [-0.2, 0) is 6.42 Å². The Bertz CT molecular complexity index is 452. The minimum Gasteiger partial charge on any atom is -0.488 e. The van der Waals surface area contributed by atoms with Gasteiger partial charge in [-0.05, 0) is 39.3 Å². The van der Waals surface area contributed by atoms with Crippen LogP contribution >= 0.6 is 0 Å². The third kappa shape index (κ3) is 4.15. The van der Waals surface area contributed by atoms with Gasteiger partial charge >= 0.3 is 0 Å². The van der Waals surface area contributed by atoms with Crippen LogP contribution in [0.15, 0.2) is 29.3 Å². The molecule has 0 spiro atoms. The molecule has 4 nitrogen and oxygen atoms in total. The normalized spacial score (nSPS) is 18.4. The minimum absolute atomic E-state index is 0.000496. The van der Waals surface area contributed by atoms with E-state index in [1.54, 1.807) is 0 Å². The molecule has 0 saturated carbocycles. The average molecular weight is 275 g/mol. The zero-order valence-electron chi connectivity index (χ0n) is 12.9. The highest BCUT2D eigenvalue weighted by molar-refractivity contribution is 5.80.